The Bertz CT molecular complexity index is 937. The second kappa shape index (κ2) is 12.1. The third-order valence-corrected chi connectivity index (χ3v) is 12.8. The quantitative estimate of drug-likeness (QED) is 0.200. The summed E-state index contributed by atoms with van der Waals surface area (Å²) in [6.07, 6.45) is -1.72. The average Bonchev–Trinajstić information content (AvgIpc) is 3.13. The molecule has 8 N–H and O–H groups in total. The van der Waals surface area contributed by atoms with Gasteiger partial charge >= 0.3 is 0 Å². The third kappa shape index (κ3) is 5.39. The van der Waals surface area contributed by atoms with Crippen LogP contribution < -0.4 is 0 Å². The Morgan fingerprint density at radius 3 is 2.24 bits per heavy atom. The van der Waals surface area contributed by atoms with Crippen LogP contribution in [0.1, 0.15) is 85.5 Å². The van der Waals surface area contributed by atoms with Crippen molar-refractivity contribution in [3.63, 3.8) is 0 Å². The van der Waals surface area contributed by atoms with Gasteiger partial charge in [-0.3, -0.25) is 0 Å². The molecule has 0 aromatic heterocycles. The summed E-state index contributed by atoms with van der Waals surface area (Å²) in [5.41, 5.74) is -2.08. The van der Waals surface area contributed by atoms with Crippen LogP contribution in [0, 0.1) is 46.3 Å². The molecule has 4 saturated carbocycles. The van der Waals surface area contributed by atoms with Crippen LogP contribution in [0.4, 0.5) is 0 Å². The molecule has 17 atom stereocenters. The lowest BCUT2D eigenvalue weighted by Crippen LogP contribution is -2.68. The summed E-state index contributed by atoms with van der Waals surface area (Å²) in [5.74, 6) is -0.652. The van der Waals surface area contributed by atoms with E-state index in [1.807, 2.05) is 6.92 Å². The minimum atomic E-state index is -1.31. The van der Waals surface area contributed by atoms with Gasteiger partial charge < -0.3 is 50.3 Å². The molecule has 17 unspecified atom stereocenters. The van der Waals surface area contributed by atoms with Crippen molar-refractivity contribution in [2.45, 2.75) is 140 Å². The first-order chi connectivity index (χ1) is 19.6. The molecule has 10 heteroatoms. The zero-order chi connectivity index (χ0) is 30.8. The molecule has 4 aliphatic carbocycles. The third-order valence-electron chi connectivity index (χ3n) is 12.8. The lowest BCUT2D eigenvalue weighted by atomic mass is 9.42. The van der Waals surface area contributed by atoms with Gasteiger partial charge in [0.2, 0.25) is 0 Å². The van der Waals surface area contributed by atoms with E-state index in [2.05, 4.69) is 20.8 Å². The van der Waals surface area contributed by atoms with Gasteiger partial charge in [0, 0.05) is 12.3 Å². The summed E-state index contributed by atoms with van der Waals surface area (Å²) < 4.78 is 11.0. The molecule has 0 amide bonds. The van der Waals surface area contributed by atoms with E-state index < -0.39 is 66.0 Å². The number of aliphatic hydroxyl groups is 8. The summed E-state index contributed by atoms with van der Waals surface area (Å²) in [4.78, 5) is 0. The van der Waals surface area contributed by atoms with Crippen LogP contribution in [0.3, 0.4) is 0 Å². The monoisotopic (exact) mass is 600 g/mol. The number of ether oxygens (including phenoxy) is 2. The van der Waals surface area contributed by atoms with Gasteiger partial charge in [0.25, 0.3) is 0 Å². The minimum absolute atomic E-state index is 0.0790. The van der Waals surface area contributed by atoms with Crippen molar-refractivity contribution in [3.8, 4) is 0 Å². The number of fused-ring (bicyclic) bond motifs is 5. The molecule has 5 aliphatic rings. The fraction of sp³-hybridized carbons (Fsp3) is 1.00. The maximum atomic E-state index is 12.5. The van der Waals surface area contributed by atoms with Crippen molar-refractivity contribution in [1.82, 2.24) is 0 Å². The van der Waals surface area contributed by atoms with Gasteiger partial charge in [0.05, 0.1) is 43.2 Å². The van der Waals surface area contributed by atoms with Crippen LogP contribution in [0.15, 0.2) is 0 Å². The minimum Gasteiger partial charge on any atom is -0.393 e. The molecule has 5 fully saturated rings. The molecule has 42 heavy (non-hydrogen) atoms. The number of hydrogen-bond acceptors (Lipinski definition) is 10. The first-order valence-electron chi connectivity index (χ1n) is 16.4. The number of aliphatic hydroxyl groups excluding tert-OH is 7. The zero-order valence-electron chi connectivity index (χ0n) is 25.8. The van der Waals surface area contributed by atoms with Crippen molar-refractivity contribution < 1.29 is 50.3 Å². The van der Waals surface area contributed by atoms with Crippen molar-refractivity contribution in [1.29, 1.82) is 0 Å². The SMILES string of the molecule is CC(CCCC(C)C1C(O)C(O)C2C1(C)CCC1C3(C)CCC(O)CC3C(O)CC12O)COC1OCC(O)C(O)C1O. The zero-order valence-corrected chi connectivity index (χ0v) is 25.8. The molecule has 0 bridgehead atoms. The fourth-order valence-electron chi connectivity index (χ4n) is 10.8. The summed E-state index contributed by atoms with van der Waals surface area (Å²) >= 11 is 0. The standard InChI is InChI=1S/C32H56O10/c1-16(14-41-29-27(39)24(36)21(35)15-42-29)6-5-7-17(2)23-25(37)26(38)28-31(23,4)11-9-22-30(3)10-8-18(33)12-19(30)20(34)13-32(22,28)40/h16-29,33-40H,5-15H2,1-4H3. The fourth-order valence-corrected chi connectivity index (χ4v) is 10.8. The molecule has 1 aliphatic heterocycles. The number of hydrogen-bond donors (Lipinski definition) is 8. The second-order valence-electron chi connectivity index (χ2n) is 15.5. The highest BCUT2D eigenvalue weighted by Crippen LogP contribution is 2.69. The van der Waals surface area contributed by atoms with Crippen molar-refractivity contribution in [2.75, 3.05) is 13.2 Å². The second-order valence-corrected chi connectivity index (χ2v) is 15.5. The van der Waals surface area contributed by atoms with Crippen molar-refractivity contribution in [2.24, 2.45) is 46.3 Å². The summed E-state index contributed by atoms with van der Waals surface area (Å²) in [6, 6.07) is 0. The summed E-state index contributed by atoms with van der Waals surface area (Å²) in [6.45, 7) is 8.67. The molecule has 5 rings (SSSR count). The van der Waals surface area contributed by atoms with Gasteiger partial charge in [0.15, 0.2) is 6.29 Å². The highest BCUT2D eigenvalue weighted by Gasteiger charge is 2.72. The predicted octanol–water partition coefficient (Wildman–Crippen LogP) is 0.932. The molecule has 1 saturated heterocycles. The Hall–Kier alpha value is -0.400. The van der Waals surface area contributed by atoms with Gasteiger partial charge in [-0.15, -0.1) is 0 Å². The van der Waals surface area contributed by atoms with Gasteiger partial charge in [-0.2, -0.15) is 0 Å². The first-order valence-corrected chi connectivity index (χ1v) is 16.4. The molecule has 0 aromatic carbocycles. The van der Waals surface area contributed by atoms with E-state index in [0.29, 0.717) is 19.4 Å². The molecular formula is C32H56O10. The Morgan fingerprint density at radius 1 is 0.833 bits per heavy atom. The molecular weight excluding hydrogens is 544 g/mol. The van der Waals surface area contributed by atoms with E-state index in [1.54, 1.807) is 0 Å². The van der Waals surface area contributed by atoms with E-state index in [4.69, 9.17) is 9.47 Å². The molecule has 0 spiro atoms. The Morgan fingerprint density at radius 2 is 1.52 bits per heavy atom. The maximum absolute atomic E-state index is 12.5. The molecule has 10 nitrogen and oxygen atoms in total. The predicted molar refractivity (Wildman–Crippen MR) is 153 cm³/mol. The largest absolute Gasteiger partial charge is 0.393 e. The van der Waals surface area contributed by atoms with Crippen LogP contribution in [0.5, 0.6) is 0 Å². The molecule has 0 radical (unpaired) electrons. The topological polar surface area (TPSA) is 180 Å². The molecule has 1 heterocycles. The first kappa shape index (κ1) is 33.0. The molecule has 244 valence electrons. The Kier molecular flexibility index (Phi) is 9.48. The Balaban J connectivity index is 1.21. The van der Waals surface area contributed by atoms with E-state index in [0.717, 1.165) is 38.5 Å². The Labute approximate surface area is 250 Å². The van der Waals surface area contributed by atoms with Gasteiger partial charge in [0.1, 0.15) is 18.3 Å². The number of rotatable bonds is 8. The average molecular weight is 601 g/mol. The highest BCUT2D eigenvalue weighted by atomic mass is 16.7. The van der Waals surface area contributed by atoms with Gasteiger partial charge in [-0.1, -0.05) is 40.5 Å². The van der Waals surface area contributed by atoms with Crippen LogP contribution in [0.2, 0.25) is 0 Å². The maximum Gasteiger partial charge on any atom is 0.186 e. The van der Waals surface area contributed by atoms with Crippen molar-refractivity contribution in [3.05, 3.63) is 0 Å². The van der Waals surface area contributed by atoms with Crippen LogP contribution in [0.25, 0.3) is 0 Å². The van der Waals surface area contributed by atoms with E-state index >= 15 is 0 Å². The lowest BCUT2D eigenvalue weighted by molar-refractivity contribution is -0.272. The summed E-state index contributed by atoms with van der Waals surface area (Å²) in [5, 5.41) is 86.7. The lowest BCUT2D eigenvalue weighted by Gasteiger charge is -2.65. The van der Waals surface area contributed by atoms with E-state index in [9.17, 15) is 40.9 Å². The van der Waals surface area contributed by atoms with Crippen molar-refractivity contribution >= 4 is 0 Å². The molecule has 0 aromatic rings. The normalized spacial score (nSPS) is 54.0. The smallest absolute Gasteiger partial charge is 0.186 e. The van der Waals surface area contributed by atoms with Gasteiger partial charge in [-0.25, -0.2) is 0 Å². The van der Waals surface area contributed by atoms with Crippen LogP contribution >= 0.6 is 0 Å². The summed E-state index contributed by atoms with van der Waals surface area (Å²) in [7, 11) is 0. The van der Waals surface area contributed by atoms with Crippen LogP contribution in [-0.2, 0) is 9.47 Å². The van der Waals surface area contributed by atoms with E-state index in [1.165, 1.54) is 0 Å². The highest BCUT2D eigenvalue weighted by molar-refractivity contribution is 5.21. The van der Waals surface area contributed by atoms with E-state index in [-0.39, 0.29) is 48.0 Å². The van der Waals surface area contributed by atoms with Crippen LogP contribution in [-0.4, -0.2) is 109 Å². The van der Waals surface area contributed by atoms with Gasteiger partial charge in [-0.05, 0) is 78.9 Å².